The van der Waals surface area contributed by atoms with Crippen LogP contribution in [0.25, 0.3) is 0 Å². The average molecular weight is 339 g/mol. The Morgan fingerprint density at radius 1 is 1.21 bits per heavy atom. The van der Waals surface area contributed by atoms with Gasteiger partial charge in [0, 0.05) is 16.5 Å². The Balaban J connectivity index is 1.68. The lowest BCUT2D eigenvalue weighted by Gasteiger charge is -2.29. The lowest BCUT2D eigenvalue weighted by atomic mass is 10.0. The number of hydrogen-bond donors (Lipinski definition) is 1. The van der Waals surface area contributed by atoms with Crippen molar-refractivity contribution in [2.75, 3.05) is 5.32 Å². The van der Waals surface area contributed by atoms with Crippen molar-refractivity contribution in [1.82, 2.24) is 9.88 Å². The monoisotopic (exact) mass is 339 g/mol. The second-order valence-corrected chi connectivity index (χ2v) is 8.21. The van der Waals surface area contributed by atoms with E-state index in [1.165, 1.54) is 0 Å². The molecule has 2 aromatic rings. The van der Waals surface area contributed by atoms with Gasteiger partial charge in [-0.2, -0.15) is 0 Å². The Morgan fingerprint density at radius 3 is 2.71 bits per heavy atom. The Labute approximate surface area is 144 Å². The zero-order chi connectivity index (χ0) is 16.9. The van der Waals surface area contributed by atoms with Crippen LogP contribution in [0.1, 0.15) is 35.1 Å². The number of anilines is 1. The van der Waals surface area contributed by atoms with Crippen molar-refractivity contribution in [3.05, 3.63) is 59.8 Å². The maximum absolute atomic E-state index is 12.9. The fourth-order valence-corrected chi connectivity index (χ4v) is 5.02. The number of pyridine rings is 1. The van der Waals surface area contributed by atoms with Crippen molar-refractivity contribution in [1.29, 1.82) is 0 Å². The van der Waals surface area contributed by atoms with Crippen molar-refractivity contribution >= 4 is 29.4 Å². The molecule has 2 aliphatic rings. The highest BCUT2D eigenvalue weighted by atomic mass is 32.2. The number of carbonyl (C=O) groups excluding carboxylic acids is 2. The van der Waals surface area contributed by atoms with Crippen LogP contribution in [0.4, 0.5) is 5.82 Å². The topological polar surface area (TPSA) is 62.3 Å². The lowest BCUT2D eigenvalue weighted by molar-refractivity contribution is -0.121. The SMILES string of the molecule is CC1(C)S[C@H]2c3ccccc3C(=O)N2[C@@H]1C(=O)Nc1ccccn1. The van der Waals surface area contributed by atoms with Gasteiger partial charge in [-0.15, -0.1) is 11.8 Å². The molecule has 4 rings (SSSR count). The zero-order valence-corrected chi connectivity index (χ0v) is 14.2. The minimum Gasteiger partial charge on any atom is -0.309 e. The van der Waals surface area contributed by atoms with E-state index >= 15 is 0 Å². The third kappa shape index (κ3) is 2.21. The van der Waals surface area contributed by atoms with E-state index in [4.69, 9.17) is 0 Å². The largest absolute Gasteiger partial charge is 0.309 e. The van der Waals surface area contributed by atoms with Crippen molar-refractivity contribution in [2.24, 2.45) is 0 Å². The maximum Gasteiger partial charge on any atom is 0.256 e. The number of hydrogen-bond acceptors (Lipinski definition) is 4. The molecule has 1 fully saturated rings. The Hall–Kier alpha value is -2.34. The van der Waals surface area contributed by atoms with E-state index in [1.807, 2.05) is 44.2 Å². The lowest BCUT2D eigenvalue weighted by Crippen LogP contribution is -2.50. The third-order valence-electron chi connectivity index (χ3n) is 4.46. The quantitative estimate of drug-likeness (QED) is 0.913. The van der Waals surface area contributed by atoms with Crippen LogP contribution >= 0.6 is 11.8 Å². The van der Waals surface area contributed by atoms with E-state index in [0.29, 0.717) is 11.4 Å². The third-order valence-corrected chi connectivity index (χ3v) is 6.00. The van der Waals surface area contributed by atoms with Crippen molar-refractivity contribution in [3.63, 3.8) is 0 Å². The van der Waals surface area contributed by atoms with E-state index in [2.05, 4.69) is 10.3 Å². The number of aromatic nitrogens is 1. The van der Waals surface area contributed by atoms with Crippen LogP contribution in [0.5, 0.6) is 0 Å². The molecule has 2 aliphatic heterocycles. The Kier molecular flexibility index (Phi) is 3.38. The summed E-state index contributed by atoms with van der Waals surface area (Å²) in [5.74, 6) is 0.223. The summed E-state index contributed by atoms with van der Waals surface area (Å²) in [6.45, 7) is 4.02. The summed E-state index contributed by atoms with van der Waals surface area (Å²) in [6.07, 6.45) is 1.63. The molecule has 3 heterocycles. The molecule has 5 nitrogen and oxygen atoms in total. The van der Waals surface area contributed by atoms with Gasteiger partial charge in [0.2, 0.25) is 5.91 Å². The molecular formula is C18H17N3O2S. The fourth-order valence-electron chi connectivity index (χ4n) is 3.44. The van der Waals surface area contributed by atoms with Gasteiger partial charge in [-0.1, -0.05) is 24.3 Å². The number of amides is 2. The van der Waals surface area contributed by atoms with Crippen LogP contribution in [0.2, 0.25) is 0 Å². The second-order valence-electron chi connectivity index (χ2n) is 6.48. The molecule has 0 aliphatic carbocycles. The van der Waals surface area contributed by atoms with Gasteiger partial charge in [0.25, 0.3) is 5.91 Å². The normalized spacial score (nSPS) is 23.8. The number of thioether (sulfide) groups is 1. The van der Waals surface area contributed by atoms with Gasteiger partial charge >= 0.3 is 0 Å². The summed E-state index contributed by atoms with van der Waals surface area (Å²) in [7, 11) is 0. The average Bonchev–Trinajstić information content (AvgIpc) is 2.99. The molecule has 122 valence electrons. The van der Waals surface area contributed by atoms with E-state index in [0.717, 1.165) is 5.56 Å². The van der Waals surface area contributed by atoms with Crippen molar-refractivity contribution in [2.45, 2.75) is 30.0 Å². The molecule has 1 N–H and O–H groups in total. The summed E-state index contributed by atoms with van der Waals surface area (Å²) < 4.78 is -0.382. The first-order valence-electron chi connectivity index (χ1n) is 7.80. The maximum atomic E-state index is 12.9. The second kappa shape index (κ2) is 5.34. The molecule has 1 aromatic heterocycles. The molecule has 0 saturated carbocycles. The van der Waals surface area contributed by atoms with Crippen molar-refractivity contribution in [3.8, 4) is 0 Å². The molecule has 24 heavy (non-hydrogen) atoms. The first-order chi connectivity index (χ1) is 11.5. The van der Waals surface area contributed by atoms with Crippen LogP contribution in [0, 0.1) is 0 Å². The van der Waals surface area contributed by atoms with Gasteiger partial charge in [0.05, 0.1) is 0 Å². The van der Waals surface area contributed by atoms with E-state index in [9.17, 15) is 9.59 Å². The minimum atomic E-state index is -0.547. The number of benzene rings is 1. The van der Waals surface area contributed by atoms with Crippen molar-refractivity contribution < 1.29 is 9.59 Å². The van der Waals surface area contributed by atoms with E-state index < -0.39 is 6.04 Å². The smallest absolute Gasteiger partial charge is 0.256 e. The van der Waals surface area contributed by atoms with Crippen LogP contribution in [0.15, 0.2) is 48.7 Å². The number of rotatable bonds is 2. The summed E-state index contributed by atoms with van der Waals surface area (Å²) in [4.78, 5) is 31.6. The van der Waals surface area contributed by atoms with Gasteiger partial charge in [0.1, 0.15) is 17.2 Å². The molecule has 0 radical (unpaired) electrons. The molecule has 0 spiro atoms. The molecule has 2 amide bonds. The van der Waals surface area contributed by atoms with Gasteiger partial charge in [0.15, 0.2) is 0 Å². The highest BCUT2D eigenvalue weighted by molar-refractivity contribution is 8.01. The summed E-state index contributed by atoms with van der Waals surface area (Å²) in [5, 5.41) is 2.73. The first kappa shape index (κ1) is 15.2. The molecule has 1 aromatic carbocycles. The van der Waals surface area contributed by atoms with Crippen LogP contribution in [0.3, 0.4) is 0 Å². The van der Waals surface area contributed by atoms with E-state index in [1.54, 1.807) is 35.0 Å². The van der Waals surface area contributed by atoms with Crippen LogP contribution in [-0.4, -0.2) is 32.5 Å². The number of carbonyl (C=O) groups is 2. The van der Waals surface area contributed by atoms with Crippen LogP contribution in [-0.2, 0) is 4.79 Å². The molecule has 0 unspecified atom stereocenters. The first-order valence-corrected chi connectivity index (χ1v) is 8.68. The predicted octanol–water partition coefficient (Wildman–Crippen LogP) is 3.07. The molecule has 6 heteroatoms. The standard InChI is InChI=1S/C18H17N3O2S/c1-18(2)14(15(22)20-13-9-5-6-10-19-13)21-16(23)11-7-3-4-8-12(11)17(21)24-18/h3-10,14,17H,1-2H3,(H,19,20,22)/t14-,17+/m1/s1. The predicted molar refractivity (Wildman–Crippen MR) is 93.7 cm³/mol. The zero-order valence-electron chi connectivity index (χ0n) is 13.4. The fraction of sp³-hybridized carbons (Fsp3) is 0.278. The number of nitrogens with zero attached hydrogens (tertiary/aromatic N) is 2. The number of nitrogens with one attached hydrogen (secondary N) is 1. The Morgan fingerprint density at radius 2 is 1.96 bits per heavy atom. The van der Waals surface area contributed by atoms with Gasteiger partial charge in [-0.25, -0.2) is 4.98 Å². The molecule has 2 atom stereocenters. The highest BCUT2D eigenvalue weighted by Gasteiger charge is 2.57. The van der Waals surface area contributed by atoms with Gasteiger partial charge in [-0.05, 0) is 37.6 Å². The minimum absolute atomic E-state index is 0.0742. The number of fused-ring (bicyclic) bond motifs is 3. The highest BCUT2D eigenvalue weighted by Crippen LogP contribution is 2.56. The van der Waals surface area contributed by atoms with Gasteiger partial charge in [-0.3, -0.25) is 9.59 Å². The van der Waals surface area contributed by atoms with Crippen LogP contribution < -0.4 is 5.32 Å². The Bertz CT molecular complexity index is 822. The summed E-state index contributed by atoms with van der Waals surface area (Å²) in [6, 6.07) is 12.4. The molecule has 0 bridgehead atoms. The molecular weight excluding hydrogens is 322 g/mol. The molecule has 1 saturated heterocycles. The van der Waals surface area contributed by atoms with E-state index in [-0.39, 0.29) is 21.9 Å². The summed E-state index contributed by atoms with van der Waals surface area (Å²) >= 11 is 1.66. The summed E-state index contributed by atoms with van der Waals surface area (Å²) in [5.41, 5.74) is 1.69. The van der Waals surface area contributed by atoms with Gasteiger partial charge < -0.3 is 10.2 Å².